The molecule has 22 heavy (non-hydrogen) atoms. The van der Waals surface area contributed by atoms with E-state index in [4.69, 9.17) is 9.26 Å². The molecule has 0 saturated carbocycles. The summed E-state index contributed by atoms with van der Waals surface area (Å²) in [7, 11) is -2.11. The maximum Gasteiger partial charge on any atom is 0.243 e. The Hall–Kier alpha value is -1.93. The van der Waals surface area contributed by atoms with Crippen molar-refractivity contribution >= 4 is 10.0 Å². The Morgan fingerprint density at radius 3 is 2.91 bits per heavy atom. The smallest absolute Gasteiger partial charge is 0.243 e. The van der Waals surface area contributed by atoms with E-state index in [-0.39, 0.29) is 11.4 Å². The summed E-state index contributed by atoms with van der Waals surface area (Å²) in [6, 6.07) is 4.97. The first-order chi connectivity index (χ1) is 10.5. The maximum absolute atomic E-state index is 12.6. The zero-order valence-electron chi connectivity index (χ0n) is 12.4. The van der Waals surface area contributed by atoms with Crippen molar-refractivity contribution in [3.8, 4) is 5.75 Å². The van der Waals surface area contributed by atoms with Gasteiger partial charge in [-0.15, -0.1) is 0 Å². The van der Waals surface area contributed by atoms with Crippen LogP contribution in [0.15, 0.2) is 27.6 Å². The number of hydrogen-bond acceptors (Lipinski definition) is 6. The maximum atomic E-state index is 12.6. The molecule has 0 unspecified atom stereocenters. The lowest BCUT2D eigenvalue weighted by Crippen LogP contribution is -2.27. The molecule has 118 valence electrons. The van der Waals surface area contributed by atoms with E-state index in [1.54, 1.807) is 25.1 Å². The predicted octanol–water partition coefficient (Wildman–Crippen LogP) is 1.52. The molecule has 0 N–H and O–H groups in total. The van der Waals surface area contributed by atoms with Gasteiger partial charge in [0.1, 0.15) is 5.75 Å². The third-order valence-corrected chi connectivity index (χ3v) is 5.32. The average molecular weight is 323 g/mol. The molecule has 3 rings (SSSR count). The lowest BCUT2D eigenvalue weighted by molar-refractivity contribution is 0.288. The van der Waals surface area contributed by atoms with Gasteiger partial charge in [0.2, 0.25) is 15.9 Å². The van der Waals surface area contributed by atoms with E-state index in [9.17, 15) is 8.42 Å². The molecule has 1 aliphatic heterocycles. The average Bonchev–Trinajstić information content (AvgIpc) is 2.91. The highest BCUT2D eigenvalue weighted by Crippen LogP contribution is 2.28. The second-order valence-corrected chi connectivity index (χ2v) is 7.26. The van der Waals surface area contributed by atoms with E-state index in [0.29, 0.717) is 18.3 Å². The van der Waals surface area contributed by atoms with Crippen molar-refractivity contribution in [2.24, 2.45) is 0 Å². The van der Waals surface area contributed by atoms with Gasteiger partial charge in [-0.25, -0.2) is 8.42 Å². The van der Waals surface area contributed by atoms with Crippen LogP contribution in [0.4, 0.5) is 0 Å². The number of aromatic nitrogens is 2. The summed E-state index contributed by atoms with van der Waals surface area (Å²) >= 11 is 0. The second kappa shape index (κ2) is 5.69. The quantitative estimate of drug-likeness (QED) is 0.848. The van der Waals surface area contributed by atoms with Crippen LogP contribution in [0, 0.1) is 6.92 Å². The predicted molar refractivity (Wildman–Crippen MR) is 77.9 cm³/mol. The van der Waals surface area contributed by atoms with Gasteiger partial charge in [0.15, 0.2) is 5.82 Å². The van der Waals surface area contributed by atoms with Gasteiger partial charge in [-0.1, -0.05) is 5.16 Å². The van der Waals surface area contributed by atoms with Gasteiger partial charge in [0.25, 0.3) is 0 Å². The van der Waals surface area contributed by atoms with Gasteiger partial charge < -0.3 is 9.26 Å². The van der Waals surface area contributed by atoms with Crippen molar-refractivity contribution in [2.45, 2.75) is 31.2 Å². The minimum atomic E-state index is -3.61. The second-order valence-electron chi connectivity index (χ2n) is 5.21. The van der Waals surface area contributed by atoms with Gasteiger partial charge in [0, 0.05) is 14.0 Å². The highest BCUT2D eigenvalue weighted by atomic mass is 32.2. The number of rotatable bonds is 4. The summed E-state index contributed by atoms with van der Waals surface area (Å²) < 4.78 is 36.8. The molecular weight excluding hydrogens is 306 g/mol. The molecule has 0 amide bonds. The van der Waals surface area contributed by atoms with Gasteiger partial charge in [0.05, 0.1) is 18.0 Å². The lowest BCUT2D eigenvalue weighted by Gasteiger charge is -2.20. The molecule has 0 atom stereocenters. The standard InChI is InChI=1S/C14H17N3O4S/c1-10-15-14(16-21-10)9-17(2)22(18,19)12-5-6-13-11(8-12)4-3-7-20-13/h5-6,8H,3-4,7,9H2,1-2H3. The summed E-state index contributed by atoms with van der Waals surface area (Å²) in [5, 5.41) is 3.72. The van der Waals surface area contributed by atoms with Crippen molar-refractivity contribution in [2.75, 3.05) is 13.7 Å². The topological polar surface area (TPSA) is 85.5 Å². The van der Waals surface area contributed by atoms with Crippen LogP contribution in [0.5, 0.6) is 5.75 Å². The summed E-state index contributed by atoms with van der Waals surface area (Å²) in [6.07, 6.45) is 1.72. The van der Waals surface area contributed by atoms with E-state index in [1.807, 2.05) is 0 Å². The Balaban J connectivity index is 1.85. The number of benzene rings is 1. The number of sulfonamides is 1. The number of hydrogen-bond donors (Lipinski definition) is 0. The molecule has 0 saturated heterocycles. The fourth-order valence-electron chi connectivity index (χ4n) is 2.37. The monoisotopic (exact) mass is 323 g/mol. The SMILES string of the molecule is Cc1nc(CN(C)S(=O)(=O)c2ccc3c(c2)CCCO3)no1. The fourth-order valence-corrected chi connectivity index (χ4v) is 3.54. The summed E-state index contributed by atoms with van der Waals surface area (Å²) in [5.41, 5.74) is 0.927. The van der Waals surface area contributed by atoms with E-state index >= 15 is 0 Å². The Morgan fingerprint density at radius 1 is 1.36 bits per heavy atom. The fraction of sp³-hybridized carbons (Fsp3) is 0.429. The molecule has 1 aromatic carbocycles. The van der Waals surface area contributed by atoms with Crippen LogP contribution >= 0.6 is 0 Å². The number of ether oxygens (including phenoxy) is 1. The Labute approximate surface area is 128 Å². The number of nitrogens with zero attached hydrogens (tertiary/aromatic N) is 3. The zero-order valence-corrected chi connectivity index (χ0v) is 13.3. The van der Waals surface area contributed by atoms with Crippen LogP contribution in [0.3, 0.4) is 0 Å². The van der Waals surface area contributed by atoms with Crippen LogP contribution < -0.4 is 4.74 Å². The summed E-state index contributed by atoms with van der Waals surface area (Å²) in [4.78, 5) is 4.27. The van der Waals surface area contributed by atoms with Gasteiger partial charge in [-0.2, -0.15) is 9.29 Å². The zero-order chi connectivity index (χ0) is 15.7. The first-order valence-electron chi connectivity index (χ1n) is 6.98. The van der Waals surface area contributed by atoms with Crippen molar-refractivity contribution in [1.82, 2.24) is 14.4 Å². The molecule has 0 bridgehead atoms. The molecule has 7 nitrogen and oxygen atoms in total. The van der Waals surface area contributed by atoms with E-state index < -0.39 is 10.0 Å². The molecule has 2 aromatic rings. The van der Waals surface area contributed by atoms with Crippen LogP contribution in [0.1, 0.15) is 23.7 Å². The Bertz CT molecular complexity index is 785. The van der Waals surface area contributed by atoms with Crippen molar-refractivity contribution in [3.05, 3.63) is 35.5 Å². The Morgan fingerprint density at radius 2 is 2.18 bits per heavy atom. The molecule has 0 aliphatic carbocycles. The normalized spacial score (nSPS) is 14.7. The van der Waals surface area contributed by atoms with Gasteiger partial charge in [-0.05, 0) is 36.6 Å². The molecule has 2 heterocycles. The van der Waals surface area contributed by atoms with E-state index in [1.165, 1.54) is 11.4 Å². The minimum absolute atomic E-state index is 0.0628. The third kappa shape index (κ3) is 2.84. The van der Waals surface area contributed by atoms with Crippen LogP contribution in [-0.4, -0.2) is 36.5 Å². The summed E-state index contributed by atoms with van der Waals surface area (Å²) in [5.74, 6) is 1.51. The molecule has 0 radical (unpaired) electrons. The van der Waals surface area contributed by atoms with Crippen molar-refractivity contribution in [1.29, 1.82) is 0 Å². The van der Waals surface area contributed by atoms with Crippen molar-refractivity contribution < 1.29 is 17.7 Å². The molecule has 0 spiro atoms. The molecule has 1 aromatic heterocycles. The molecule has 8 heteroatoms. The number of fused-ring (bicyclic) bond motifs is 1. The van der Waals surface area contributed by atoms with Crippen LogP contribution in [0.2, 0.25) is 0 Å². The molecule has 0 fully saturated rings. The van der Waals surface area contributed by atoms with Gasteiger partial charge in [-0.3, -0.25) is 0 Å². The minimum Gasteiger partial charge on any atom is -0.493 e. The van der Waals surface area contributed by atoms with E-state index in [0.717, 1.165) is 24.2 Å². The van der Waals surface area contributed by atoms with E-state index in [2.05, 4.69) is 10.1 Å². The van der Waals surface area contributed by atoms with Crippen molar-refractivity contribution in [3.63, 3.8) is 0 Å². The van der Waals surface area contributed by atoms with Gasteiger partial charge >= 0.3 is 0 Å². The highest BCUT2D eigenvalue weighted by Gasteiger charge is 2.24. The molecule has 1 aliphatic rings. The Kier molecular flexibility index (Phi) is 3.88. The first-order valence-corrected chi connectivity index (χ1v) is 8.42. The summed E-state index contributed by atoms with van der Waals surface area (Å²) in [6.45, 7) is 2.40. The number of aryl methyl sites for hydroxylation is 2. The third-order valence-electron chi connectivity index (χ3n) is 3.52. The highest BCUT2D eigenvalue weighted by molar-refractivity contribution is 7.89. The van der Waals surface area contributed by atoms with Crippen LogP contribution in [-0.2, 0) is 23.0 Å². The first kappa shape index (κ1) is 15.0. The largest absolute Gasteiger partial charge is 0.493 e. The van der Waals surface area contributed by atoms with Crippen LogP contribution in [0.25, 0.3) is 0 Å². The lowest BCUT2D eigenvalue weighted by atomic mass is 10.1. The molecular formula is C14H17N3O4S.